The molecule has 0 aromatic heterocycles. The molecule has 0 atom stereocenters. The summed E-state index contributed by atoms with van der Waals surface area (Å²) in [7, 11) is 1.42. The minimum Gasteiger partial charge on any atom is -0.466 e. The number of carbonyl (C=O) groups is 1. The Morgan fingerprint density at radius 1 is 1.27 bits per heavy atom. The van der Waals surface area contributed by atoms with E-state index in [1.54, 1.807) is 0 Å². The predicted octanol–water partition coefficient (Wildman–Crippen LogP) is 2.58. The molecule has 0 amide bonds. The minimum atomic E-state index is -0.221. The Labute approximate surface area is 89.6 Å². The summed E-state index contributed by atoms with van der Waals surface area (Å²) < 4.78 is 4.74. The SMILES string of the molecule is COC(=O)/C(C)=C1\CCc2ccccc21. The van der Waals surface area contributed by atoms with Gasteiger partial charge in [-0.2, -0.15) is 0 Å². The number of rotatable bonds is 1. The molecule has 0 radical (unpaired) electrons. The van der Waals surface area contributed by atoms with Crippen LogP contribution in [-0.4, -0.2) is 13.1 Å². The van der Waals surface area contributed by atoms with Gasteiger partial charge in [-0.25, -0.2) is 4.79 Å². The summed E-state index contributed by atoms with van der Waals surface area (Å²) in [5.41, 5.74) is 4.41. The third-order valence-corrected chi connectivity index (χ3v) is 2.93. The molecule has 1 aliphatic carbocycles. The third kappa shape index (κ3) is 1.67. The molecule has 15 heavy (non-hydrogen) atoms. The monoisotopic (exact) mass is 202 g/mol. The number of hydrogen-bond donors (Lipinski definition) is 0. The van der Waals surface area contributed by atoms with E-state index in [0.717, 1.165) is 24.0 Å². The van der Waals surface area contributed by atoms with Gasteiger partial charge >= 0.3 is 5.97 Å². The van der Waals surface area contributed by atoms with Crippen LogP contribution in [0.2, 0.25) is 0 Å². The van der Waals surface area contributed by atoms with E-state index in [1.165, 1.54) is 18.2 Å². The molecule has 0 heterocycles. The maximum atomic E-state index is 11.4. The number of fused-ring (bicyclic) bond motifs is 1. The van der Waals surface area contributed by atoms with Crippen LogP contribution in [0.4, 0.5) is 0 Å². The lowest BCUT2D eigenvalue weighted by Gasteiger charge is -2.05. The lowest BCUT2D eigenvalue weighted by atomic mass is 10.0. The summed E-state index contributed by atoms with van der Waals surface area (Å²) in [4.78, 5) is 11.4. The van der Waals surface area contributed by atoms with Gasteiger partial charge in [0.05, 0.1) is 7.11 Å². The maximum Gasteiger partial charge on any atom is 0.333 e. The quantitative estimate of drug-likeness (QED) is 0.517. The van der Waals surface area contributed by atoms with Crippen molar-refractivity contribution >= 4 is 11.5 Å². The molecule has 1 aromatic carbocycles. The summed E-state index contributed by atoms with van der Waals surface area (Å²) in [6, 6.07) is 8.24. The maximum absolute atomic E-state index is 11.4. The first-order chi connectivity index (χ1) is 7.24. The Balaban J connectivity index is 2.47. The van der Waals surface area contributed by atoms with Crippen molar-refractivity contribution in [1.82, 2.24) is 0 Å². The first kappa shape index (κ1) is 9.97. The molecule has 1 aromatic rings. The highest BCUT2D eigenvalue weighted by Gasteiger charge is 2.20. The lowest BCUT2D eigenvalue weighted by molar-refractivity contribution is -0.135. The molecule has 0 unspecified atom stereocenters. The summed E-state index contributed by atoms with van der Waals surface area (Å²) in [6.07, 6.45) is 1.97. The molecule has 0 saturated carbocycles. The summed E-state index contributed by atoms with van der Waals surface area (Å²) >= 11 is 0. The van der Waals surface area contributed by atoms with Gasteiger partial charge in [0.25, 0.3) is 0 Å². The Morgan fingerprint density at radius 2 is 2.00 bits per heavy atom. The van der Waals surface area contributed by atoms with E-state index >= 15 is 0 Å². The topological polar surface area (TPSA) is 26.3 Å². The van der Waals surface area contributed by atoms with Crippen molar-refractivity contribution < 1.29 is 9.53 Å². The molecular weight excluding hydrogens is 188 g/mol. The van der Waals surface area contributed by atoms with Crippen LogP contribution in [0.5, 0.6) is 0 Å². The second-order valence-electron chi connectivity index (χ2n) is 3.75. The molecule has 0 fully saturated rings. The van der Waals surface area contributed by atoms with Gasteiger partial charge in [-0.15, -0.1) is 0 Å². The summed E-state index contributed by atoms with van der Waals surface area (Å²) in [6.45, 7) is 1.84. The number of carbonyl (C=O) groups excluding carboxylic acids is 1. The predicted molar refractivity (Wildman–Crippen MR) is 59.4 cm³/mol. The lowest BCUT2D eigenvalue weighted by Crippen LogP contribution is -2.03. The van der Waals surface area contributed by atoms with Crippen LogP contribution in [-0.2, 0) is 16.0 Å². The van der Waals surface area contributed by atoms with Crippen molar-refractivity contribution in [3.8, 4) is 0 Å². The molecular formula is C13H14O2. The first-order valence-corrected chi connectivity index (χ1v) is 5.10. The van der Waals surface area contributed by atoms with Gasteiger partial charge in [0.1, 0.15) is 0 Å². The molecule has 2 heteroatoms. The minimum absolute atomic E-state index is 0.221. The zero-order chi connectivity index (χ0) is 10.8. The molecule has 0 aliphatic heterocycles. The Kier molecular flexibility index (Phi) is 2.58. The molecule has 0 N–H and O–H groups in total. The van der Waals surface area contributed by atoms with Crippen LogP contribution < -0.4 is 0 Å². The number of aryl methyl sites for hydroxylation is 1. The van der Waals surface area contributed by atoms with Gasteiger partial charge in [-0.3, -0.25) is 0 Å². The zero-order valence-corrected chi connectivity index (χ0v) is 9.04. The number of ether oxygens (including phenoxy) is 1. The number of benzene rings is 1. The van der Waals surface area contributed by atoms with E-state index < -0.39 is 0 Å². The van der Waals surface area contributed by atoms with Crippen molar-refractivity contribution in [3.05, 3.63) is 41.0 Å². The van der Waals surface area contributed by atoms with E-state index in [1.807, 2.05) is 19.1 Å². The fourth-order valence-electron chi connectivity index (χ4n) is 2.09. The smallest absolute Gasteiger partial charge is 0.333 e. The Bertz CT molecular complexity index is 430. The normalized spacial score (nSPS) is 17.2. The van der Waals surface area contributed by atoms with Crippen LogP contribution >= 0.6 is 0 Å². The number of hydrogen-bond acceptors (Lipinski definition) is 2. The fraction of sp³-hybridized carbons (Fsp3) is 0.308. The molecule has 0 bridgehead atoms. The van der Waals surface area contributed by atoms with Gasteiger partial charge in [0, 0.05) is 5.57 Å². The van der Waals surface area contributed by atoms with E-state index in [0.29, 0.717) is 0 Å². The van der Waals surface area contributed by atoms with Gasteiger partial charge < -0.3 is 4.74 Å². The van der Waals surface area contributed by atoms with Crippen molar-refractivity contribution in [1.29, 1.82) is 0 Å². The number of esters is 1. The molecule has 0 spiro atoms. The fourth-order valence-corrected chi connectivity index (χ4v) is 2.09. The highest BCUT2D eigenvalue weighted by atomic mass is 16.5. The van der Waals surface area contributed by atoms with Crippen LogP contribution in [0.25, 0.3) is 5.57 Å². The van der Waals surface area contributed by atoms with Gasteiger partial charge in [-0.05, 0) is 36.5 Å². The van der Waals surface area contributed by atoms with Crippen LogP contribution in [0, 0.1) is 0 Å². The van der Waals surface area contributed by atoms with Gasteiger partial charge in [-0.1, -0.05) is 24.3 Å². The van der Waals surface area contributed by atoms with Gasteiger partial charge in [0.15, 0.2) is 0 Å². The van der Waals surface area contributed by atoms with E-state index in [9.17, 15) is 4.79 Å². The standard InChI is InChI=1S/C13H14O2/c1-9(13(14)15-2)11-8-7-10-5-3-4-6-12(10)11/h3-6H,7-8H2,1-2H3/b11-9+. The second kappa shape index (κ2) is 3.89. The zero-order valence-electron chi connectivity index (χ0n) is 9.04. The molecule has 0 saturated heterocycles. The average Bonchev–Trinajstić information content (AvgIpc) is 2.70. The van der Waals surface area contributed by atoms with Crippen molar-refractivity contribution in [3.63, 3.8) is 0 Å². The van der Waals surface area contributed by atoms with E-state index in [2.05, 4.69) is 12.1 Å². The van der Waals surface area contributed by atoms with Crippen molar-refractivity contribution in [2.45, 2.75) is 19.8 Å². The van der Waals surface area contributed by atoms with Crippen LogP contribution in [0.15, 0.2) is 29.8 Å². The average molecular weight is 202 g/mol. The second-order valence-corrected chi connectivity index (χ2v) is 3.75. The molecule has 2 rings (SSSR count). The molecule has 78 valence electrons. The van der Waals surface area contributed by atoms with Crippen molar-refractivity contribution in [2.75, 3.05) is 7.11 Å². The Hall–Kier alpha value is -1.57. The first-order valence-electron chi connectivity index (χ1n) is 5.10. The number of methoxy groups -OCH3 is 1. The number of allylic oxidation sites excluding steroid dienone is 1. The highest BCUT2D eigenvalue weighted by molar-refractivity contribution is 5.98. The Morgan fingerprint density at radius 3 is 2.73 bits per heavy atom. The third-order valence-electron chi connectivity index (χ3n) is 2.93. The largest absolute Gasteiger partial charge is 0.466 e. The highest BCUT2D eigenvalue weighted by Crippen LogP contribution is 2.34. The summed E-state index contributed by atoms with van der Waals surface area (Å²) in [5, 5.41) is 0. The van der Waals surface area contributed by atoms with Gasteiger partial charge in [0.2, 0.25) is 0 Å². The summed E-state index contributed by atoms with van der Waals surface area (Å²) in [5.74, 6) is -0.221. The van der Waals surface area contributed by atoms with Crippen molar-refractivity contribution in [2.24, 2.45) is 0 Å². The van der Waals surface area contributed by atoms with Crippen LogP contribution in [0.1, 0.15) is 24.5 Å². The van der Waals surface area contributed by atoms with Crippen LogP contribution in [0.3, 0.4) is 0 Å². The van der Waals surface area contributed by atoms with E-state index in [4.69, 9.17) is 4.74 Å². The van der Waals surface area contributed by atoms with E-state index in [-0.39, 0.29) is 5.97 Å². The molecule has 2 nitrogen and oxygen atoms in total. The molecule has 1 aliphatic rings.